The molecular weight excluding hydrogens is 346 g/mol. The Bertz CT molecular complexity index is 844. The molecule has 0 saturated carbocycles. The minimum absolute atomic E-state index is 0.00113. The highest BCUT2D eigenvalue weighted by atomic mass is 16.5. The summed E-state index contributed by atoms with van der Waals surface area (Å²) >= 11 is 0. The van der Waals surface area contributed by atoms with Gasteiger partial charge in [0.2, 0.25) is 0 Å². The predicted octanol–water partition coefficient (Wildman–Crippen LogP) is 1.76. The van der Waals surface area contributed by atoms with E-state index in [1.165, 1.54) is 0 Å². The Morgan fingerprint density at radius 1 is 1.37 bits per heavy atom. The Labute approximate surface area is 158 Å². The van der Waals surface area contributed by atoms with Crippen LogP contribution in [0.1, 0.15) is 41.6 Å². The number of likely N-dealkylation sites (tertiary alicyclic amines) is 1. The van der Waals surface area contributed by atoms with Crippen LogP contribution in [0.4, 0.5) is 0 Å². The second kappa shape index (κ2) is 6.92. The van der Waals surface area contributed by atoms with Crippen molar-refractivity contribution < 1.29 is 14.3 Å². The number of ether oxygens (including phenoxy) is 2. The lowest BCUT2D eigenvalue weighted by Crippen LogP contribution is -2.67. The zero-order valence-electron chi connectivity index (χ0n) is 16.0. The SMILES string of the molecule is CCn1nc(C)cc1C(=O)N1CC2(C[C@@H](Oc3nccc(C)n3)CCO2)C1. The molecular formula is C19H25N5O3. The molecule has 2 aliphatic heterocycles. The number of carbonyl (C=O) groups excluding carboxylic acids is 1. The topological polar surface area (TPSA) is 82.4 Å². The van der Waals surface area contributed by atoms with Gasteiger partial charge in [0.05, 0.1) is 25.4 Å². The fourth-order valence-corrected chi connectivity index (χ4v) is 3.85. The summed E-state index contributed by atoms with van der Waals surface area (Å²) in [5, 5.41) is 4.37. The normalized spacial score (nSPS) is 21.1. The molecule has 4 heterocycles. The molecule has 0 bridgehead atoms. The summed E-state index contributed by atoms with van der Waals surface area (Å²) in [6.45, 7) is 8.25. The van der Waals surface area contributed by atoms with Gasteiger partial charge in [-0.2, -0.15) is 5.10 Å². The molecule has 1 atom stereocenters. The maximum atomic E-state index is 12.8. The van der Waals surface area contributed by atoms with Crippen molar-refractivity contribution in [2.24, 2.45) is 0 Å². The van der Waals surface area contributed by atoms with Crippen molar-refractivity contribution in [2.45, 2.75) is 51.9 Å². The molecule has 8 heteroatoms. The highest BCUT2D eigenvalue weighted by Crippen LogP contribution is 2.36. The van der Waals surface area contributed by atoms with Crippen molar-refractivity contribution in [3.05, 3.63) is 35.4 Å². The first-order valence-corrected chi connectivity index (χ1v) is 9.42. The van der Waals surface area contributed by atoms with E-state index in [2.05, 4.69) is 15.1 Å². The first-order valence-electron chi connectivity index (χ1n) is 9.42. The molecule has 2 aromatic heterocycles. The van der Waals surface area contributed by atoms with Gasteiger partial charge in [-0.1, -0.05) is 0 Å². The fraction of sp³-hybridized carbons (Fsp3) is 0.579. The first-order chi connectivity index (χ1) is 13.0. The van der Waals surface area contributed by atoms with Crippen LogP contribution >= 0.6 is 0 Å². The van der Waals surface area contributed by atoms with Gasteiger partial charge in [-0.3, -0.25) is 9.48 Å². The van der Waals surface area contributed by atoms with Crippen molar-refractivity contribution in [2.75, 3.05) is 19.7 Å². The number of hydrogen-bond donors (Lipinski definition) is 0. The van der Waals surface area contributed by atoms with E-state index in [0.29, 0.717) is 37.9 Å². The molecule has 0 radical (unpaired) electrons. The Kier molecular flexibility index (Phi) is 4.59. The Balaban J connectivity index is 1.39. The Morgan fingerprint density at radius 2 is 2.19 bits per heavy atom. The molecule has 0 N–H and O–H groups in total. The molecule has 1 amide bonds. The summed E-state index contributed by atoms with van der Waals surface area (Å²) < 4.78 is 13.8. The van der Waals surface area contributed by atoms with Crippen LogP contribution in [-0.2, 0) is 11.3 Å². The van der Waals surface area contributed by atoms with Crippen LogP contribution in [0.5, 0.6) is 6.01 Å². The second-order valence-electron chi connectivity index (χ2n) is 7.39. The molecule has 8 nitrogen and oxygen atoms in total. The lowest BCUT2D eigenvalue weighted by Gasteiger charge is -2.52. The standard InChI is InChI=1S/C19H25N5O3/c1-4-24-16(9-14(3)22-24)17(25)23-11-19(12-23)10-15(6-8-26-19)27-18-20-7-5-13(2)21-18/h5,7,9,15H,4,6,8,10-12H2,1-3H3/t15-/m0/s1. The number of nitrogens with zero attached hydrogens (tertiary/aromatic N) is 5. The van der Waals surface area contributed by atoms with Crippen LogP contribution in [0.3, 0.4) is 0 Å². The number of amides is 1. The summed E-state index contributed by atoms with van der Waals surface area (Å²) in [4.78, 5) is 23.1. The zero-order valence-corrected chi connectivity index (χ0v) is 16.0. The third kappa shape index (κ3) is 3.53. The third-order valence-corrected chi connectivity index (χ3v) is 5.16. The van der Waals surface area contributed by atoms with Gasteiger partial charge in [0.15, 0.2) is 0 Å². The van der Waals surface area contributed by atoms with Crippen molar-refractivity contribution in [1.82, 2.24) is 24.6 Å². The molecule has 144 valence electrons. The minimum atomic E-state index is -0.325. The van der Waals surface area contributed by atoms with Crippen molar-refractivity contribution in [3.63, 3.8) is 0 Å². The number of aromatic nitrogens is 4. The maximum Gasteiger partial charge on any atom is 0.316 e. The minimum Gasteiger partial charge on any atom is -0.460 e. The highest BCUT2D eigenvalue weighted by molar-refractivity contribution is 5.93. The number of hydrogen-bond acceptors (Lipinski definition) is 6. The molecule has 0 aromatic carbocycles. The Hall–Kier alpha value is -2.48. The average molecular weight is 371 g/mol. The molecule has 1 spiro atoms. The van der Waals surface area contributed by atoms with E-state index >= 15 is 0 Å². The average Bonchev–Trinajstić information content (AvgIpc) is 3.00. The van der Waals surface area contributed by atoms with Crippen molar-refractivity contribution >= 4 is 5.91 Å². The van der Waals surface area contributed by atoms with Gasteiger partial charge in [-0.15, -0.1) is 0 Å². The van der Waals surface area contributed by atoms with Gasteiger partial charge < -0.3 is 14.4 Å². The molecule has 2 fully saturated rings. The van der Waals surface area contributed by atoms with Crippen molar-refractivity contribution in [3.8, 4) is 6.01 Å². The van der Waals surface area contributed by atoms with E-state index in [0.717, 1.165) is 24.2 Å². The van der Waals surface area contributed by atoms with Gasteiger partial charge in [0.25, 0.3) is 5.91 Å². The van der Waals surface area contributed by atoms with E-state index in [9.17, 15) is 4.79 Å². The summed E-state index contributed by atoms with van der Waals surface area (Å²) in [5.41, 5.74) is 2.05. The summed E-state index contributed by atoms with van der Waals surface area (Å²) in [7, 11) is 0. The fourth-order valence-electron chi connectivity index (χ4n) is 3.85. The van der Waals surface area contributed by atoms with Crippen LogP contribution in [-0.4, -0.2) is 62.0 Å². The number of aryl methyl sites for hydroxylation is 3. The van der Waals surface area contributed by atoms with Gasteiger partial charge in [0.1, 0.15) is 17.4 Å². The molecule has 27 heavy (non-hydrogen) atoms. The van der Waals surface area contributed by atoms with Crippen LogP contribution < -0.4 is 4.74 Å². The third-order valence-electron chi connectivity index (χ3n) is 5.16. The second-order valence-corrected chi connectivity index (χ2v) is 7.39. The smallest absolute Gasteiger partial charge is 0.316 e. The molecule has 4 rings (SSSR count). The van der Waals surface area contributed by atoms with Crippen LogP contribution in [0.25, 0.3) is 0 Å². The quantitative estimate of drug-likeness (QED) is 0.815. The van der Waals surface area contributed by atoms with Crippen molar-refractivity contribution in [1.29, 1.82) is 0 Å². The van der Waals surface area contributed by atoms with Crippen LogP contribution in [0.2, 0.25) is 0 Å². The molecule has 0 aliphatic carbocycles. The van der Waals surface area contributed by atoms with E-state index in [-0.39, 0.29) is 17.6 Å². The van der Waals surface area contributed by atoms with Gasteiger partial charge >= 0.3 is 6.01 Å². The lowest BCUT2D eigenvalue weighted by molar-refractivity contribution is -0.174. The summed E-state index contributed by atoms with van der Waals surface area (Å²) in [6.07, 6.45) is 3.24. The zero-order chi connectivity index (χ0) is 19.0. The van der Waals surface area contributed by atoms with Crippen LogP contribution in [0.15, 0.2) is 18.3 Å². The molecule has 0 unspecified atom stereocenters. The highest BCUT2D eigenvalue weighted by Gasteiger charge is 2.50. The van der Waals surface area contributed by atoms with Crippen LogP contribution in [0, 0.1) is 13.8 Å². The van der Waals surface area contributed by atoms with E-state index in [1.54, 1.807) is 10.9 Å². The largest absolute Gasteiger partial charge is 0.460 e. The van der Waals surface area contributed by atoms with E-state index < -0.39 is 0 Å². The predicted molar refractivity (Wildman–Crippen MR) is 97.6 cm³/mol. The molecule has 2 aliphatic rings. The molecule has 2 saturated heterocycles. The maximum absolute atomic E-state index is 12.8. The number of rotatable bonds is 4. The monoisotopic (exact) mass is 371 g/mol. The summed E-state index contributed by atoms with van der Waals surface area (Å²) in [5.74, 6) is 0.0109. The van der Waals surface area contributed by atoms with E-state index in [1.807, 2.05) is 37.8 Å². The van der Waals surface area contributed by atoms with Gasteiger partial charge in [0, 0.05) is 31.3 Å². The van der Waals surface area contributed by atoms with Gasteiger partial charge in [-0.25, -0.2) is 9.97 Å². The molecule has 2 aromatic rings. The first kappa shape index (κ1) is 17.9. The van der Waals surface area contributed by atoms with Gasteiger partial charge in [-0.05, 0) is 32.9 Å². The number of carbonyl (C=O) groups is 1. The lowest BCUT2D eigenvalue weighted by atomic mass is 9.84. The van der Waals surface area contributed by atoms with E-state index in [4.69, 9.17) is 9.47 Å². The Morgan fingerprint density at radius 3 is 2.93 bits per heavy atom. The summed E-state index contributed by atoms with van der Waals surface area (Å²) in [6, 6.07) is 4.10.